The van der Waals surface area contributed by atoms with E-state index in [1.54, 1.807) is 4.57 Å². The van der Waals surface area contributed by atoms with E-state index in [0.717, 1.165) is 11.3 Å². The molecule has 0 saturated heterocycles. The molecule has 22 heavy (non-hydrogen) atoms. The van der Waals surface area contributed by atoms with Crippen LogP contribution in [0.15, 0.2) is 53.3 Å². The van der Waals surface area contributed by atoms with Crippen LogP contribution in [0, 0.1) is 6.92 Å². The minimum absolute atomic E-state index is 0.0606. The van der Waals surface area contributed by atoms with Gasteiger partial charge in [-0.05, 0) is 37.6 Å². The summed E-state index contributed by atoms with van der Waals surface area (Å²) in [5, 5.41) is 0.617. The first-order valence-corrected chi connectivity index (χ1v) is 7.36. The Bertz CT molecular complexity index is 868. The van der Waals surface area contributed by atoms with E-state index in [2.05, 4.69) is 4.98 Å². The van der Waals surface area contributed by atoms with Crippen molar-refractivity contribution in [3.63, 3.8) is 0 Å². The first kappa shape index (κ1) is 14.5. The first-order chi connectivity index (χ1) is 10.7. The number of rotatable bonds is 4. The standard InChI is InChI=1S/C18H18N2O2/c1-3-22-12-17-19-15-10-6-5-9-14(15)18(21)20(17)16-11-7-4-8-13(16)2/h4-11H,3,12H2,1-2H3. The molecule has 0 aliphatic carbocycles. The molecular formula is C18H18N2O2. The molecule has 0 aliphatic rings. The summed E-state index contributed by atoms with van der Waals surface area (Å²) in [7, 11) is 0. The molecule has 4 heteroatoms. The molecule has 0 aliphatic heterocycles. The molecule has 112 valence electrons. The van der Waals surface area contributed by atoms with Crippen molar-refractivity contribution in [1.82, 2.24) is 9.55 Å². The van der Waals surface area contributed by atoms with Crippen molar-refractivity contribution in [3.05, 3.63) is 70.3 Å². The number of para-hydroxylation sites is 2. The third-order valence-electron chi connectivity index (χ3n) is 3.64. The van der Waals surface area contributed by atoms with Crippen LogP contribution in [0.2, 0.25) is 0 Å². The molecule has 0 fully saturated rings. The van der Waals surface area contributed by atoms with Crippen LogP contribution >= 0.6 is 0 Å². The average molecular weight is 294 g/mol. The second-order valence-electron chi connectivity index (χ2n) is 5.11. The Hall–Kier alpha value is -2.46. The smallest absolute Gasteiger partial charge is 0.266 e. The molecular weight excluding hydrogens is 276 g/mol. The number of nitrogens with zero attached hydrogens (tertiary/aromatic N) is 2. The molecule has 0 atom stereocenters. The second-order valence-corrected chi connectivity index (χ2v) is 5.11. The normalized spacial score (nSPS) is 11.0. The van der Waals surface area contributed by atoms with Crippen LogP contribution in [0.25, 0.3) is 16.6 Å². The molecule has 2 aromatic carbocycles. The zero-order valence-electron chi connectivity index (χ0n) is 12.7. The molecule has 3 aromatic rings. The lowest BCUT2D eigenvalue weighted by Gasteiger charge is -2.15. The molecule has 0 N–H and O–H groups in total. The van der Waals surface area contributed by atoms with Crippen LogP contribution in [0.4, 0.5) is 0 Å². The van der Waals surface area contributed by atoms with Crippen molar-refractivity contribution in [2.45, 2.75) is 20.5 Å². The average Bonchev–Trinajstić information content (AvgIpc) is 2.54. The fourth-order valence-electron chi connectivity index (χ4n) is 2.53. The van der Waals surface area contributed by atoms with Crippen LogP contribution in [-0.4, -0.2) is 16.2 Å². The van der Waals surface area contributed by atoms with E-state index in [1.807, 2.05) is 62.4 Å². The van der Waals surface area contributed by atoms with Gasteiger partial charge in [0, 0.05) is 6.61 Å². The Morgan fingerprint density at radius 3 is 2.59 bits per heavy atom. The molecule has 3 rings (SSSR count). The van der Waals surface area contributed by atoms with Gasteiger partial charge in [-0.2, -0.15) is 0 Å². The van der Waals surface area contributed by atoms with Crippen LogP contribution in [-0.2, 0) is 11.3 Å². The zero-order chi connectivity index (χ0) is 15.5. The summed E-state index contributed by atoms with van der Waals surface area (Å²) in [6, 6.07) is 15.2. The van der Waals surface area contributed by atoms with Crippen molar-refractivity contribution in [3.8, 4) is 5.69 Å². The summed E-state index contributed by atoms with van der Waals surface area (Å²) in [6.45, 7) is 4.81. The fourth-order valence-corrected chi connectivity index (χ4v) is 2.53. The van der Waals surface area contributed by atoms with Gasteiger partial charge in [0.1, 0.15) is 12.4 Å². The minimum Gasteiger partial charge on any atom is -0.374 e. The van der Waals surface area contributed by atoms with Crippen molar-refractivity contribution in [2.75, 3.05) is 6.61 Å². The number of hydrogen-bond acceptors (Lipinski definition) is 3. The quantitative estimate of drug-likeness (QED) is 0.742. The maximum absolute atomic E-state index is 12.9. The second kappa shape index (κ2) is 6.12. The number of aromatic nitrogens is 2. The number of aryl methyl sites for hydroxylation is 1. The topological polar surface area (TPSA) is 44.1 Å². The van der Waals surface area contributed by atoms with Gasteiger partial charge in [-0.15, -0.1) is 0 Å². The summed E-state index contributed by atoms with van der Waals surface area (Å²) in [5.41, 5.74) is 2.52. The van der Waals surface area contributed by atoms with Crippen LogP contribution in [0.5, 0.6) is 0 Å². The van der Waals surface area contributed by atoms with E-state index >= 15 is 0 Å². The highest BCUT2D eigenvalue weighted by molar-refractivity contribution is 5.77. The van der Waals surface area contributed by atoms with Crippen molar-refractivity contribution < 1.29 is 4.74 Å². The van der Waals surface area contributed by atoms with Gasteiger partial charge in [-0.3, -0.25) is 9.36 Å². The highest BCUT2D eigenvalue weighted by Crippen LogP contribution is 2.16. The van der Waals surface area contributed by atoms with E-state index in [1.165, 1.54) is 0 Å². The van der Waals surface area contributed by atoms with Crippen LogP contribution < -0.4 is 5.56 Å². The number of hydrogen-bond donors (Lipinski definition) is 0. The maximum atomic E-state index is 12.9. The van der Waals surface area contributed by atoms with Crippen molar-refractivity contribution in [1.29, 1.82) is 0 Å². The molecule has 0 amide bonds. The summed E-state index contributed by atoms with van der Waals surface area (Å²) < 4.78 is 7.16. The Labute approximate surface area is 129 Å². The van der Waals surface area contributed by atoms with Crippen molar-refractivity contribution in [2.24, 2.45) is 0 Å². The Morgan fingerprint density at radius 1 is 1.09 bits per heavy atom. The Kier molecular flexibility index (Phi) is 4.02. The lowest BCUT2D eigenvalue weighted by Crippen LogP contribution is -2.25. The van der Waals surface area contributed by atoms with Gasteiger partial charge < -0.3 is 4.74 Å². The van der Waals surface area contributed by atoms with Gasteiger partial charge >= 0.3 is 0 Å². The summed E-state index contributed by atoms with van der Waals surface area (Å²) in [4.78, 5) is 17.6. The van der Waals surface area contributed by atoms with E-state index < -0.39 is 0 Å². The van der Waals surface area contributed by atoms with E-state index in [9.17, 15) is 4.79 Å². The zero-order valence-corrected chi connectivity index (χ0v) is 12.7. The largest absolute Gasteiger partial charge is 0.374 e. The van der Waals surface area contributed by atoms with Crippen molar-refractivity contribution >= 4 is 10.9 Å². The lowest BCUT2D eigenvalue weighted by atomic mass is 10.2. The van der Waals surface area contributed by atoms with Gasteiger partial charge in [-0.25, -0.2) is 4.98 Å². The van der Waals surface area contributed by atoms with E-state index in [0.29, 0.717) is 29.9 Å². The Morgan fingerprint density at radius 2 is 1.82 bits per heavy atom. The van der Waals surface area contributed by atoms with Gasteiger partial charge in [0.25, 0.3) is 5.56 Å². The van der Waals surface area contributed by atoms with Gasteiger partial charge in [0.2, 0.25) is 0 Å². The predicted octanol–water partition coefficient (Wildman–Crippen LogP) is 3.23. The number of benzene rings is 2. The summed E-state index contributed by atoms with van der Waals surface area (Å²) >= 11 is 0. The maximum Gasteiger partial charge on any atom is 0.266 e. The molecule has 1 heterocycles. The van der Waals surface area contributed by atoms with E-state index in [4.69, 9.17) is 4.74 Å². The Balaban J connectivity index is 2.33. The minimum atomic E-state index is -0.0606. The molecule has 4 nitrogen and oxygen atoms in total. The summed E-state index contributed by atoms with van der Waals surface area (Å²) in [5.74, 6) is 0.625. The van der Waals surface area contributed by atoms with Gasteiger partial charge in [0.05, 0.1) is 16.6 Å². The molecule has 0 saturated carbocycles. The molecule has 0 radical (unpaired) electrons. The SMILES string of the molecule is CCOCc1nc2ccccc2c(=O)n1-c1ccccc1C. The molecule has 1 aromatic heterocycles. The number of ether oxygens (including phenoxy) is 1. The third-order valence-corrected chi connectivity index (χ3v) is 3.64. The predicted molar refractivity (Wildman–Crippen MR) is 87.4 cm³/mol. The molecule has 0 spiro atoms. The van der Waals surface area contributed by atoms with Gasteiger partial charge in [0.15, 0.2) is 0 Å². The van der Waals surface area contributed by atoms with Crippen LogP contribution in [0.3, 0.4) is 0 Å². The highest BCUT2D eigenvalue weighted by Gasteiger charge is 2.13. The third kappa shape index (κ3) is 2.53. The summed E-state index contributed by atoms with van der Waals surface area (Å²) in [6.07, 6.45) is 0. The van der Waals surface area contributed by atoms with Gasteiger partial charge in [-0.1, -0.05) is 30.3 Å². The van der Waals surface area contributed by atoms with Crippen LogP contribution in [0.1, 0.15) is 18.3 Å². The molecule has 0 unspecified atom stereocenters. The highest BCUT2D eigenvalue weighted by atomic mass is 16.5. The fraction of sp³-hybridized carbons (Fsp3) is 0.222. The molecule has 0 bridgehead atoms. The first-order valence-electron chi connectivity index (χ1n) is 7.36. The monoisotopic (exact) mass is 294 g/mol. The van der Waals surface area contributed by atoms with E-state index in [-0.39, 0.29) is 5.56 Å². The lowest BCUT2D eigenvalue weighted by molar-refractivity contribution is 0.126. The number of fused-ring (bicyclic) bond motifs is 1.